The summed E-state index contributed by atoms with van der Waals surface area (Å²) >= 11 is 0. The van der Waals surface area contributed by atoms with Gasteiger partial charge in [0.05, 0.1) is 37.7 Å². The molecule has 36 heavy (non-hydrogen) atoms. The van der Waals surface area contributed by atoms with E-state index in [1.54, 1.807) is 48.5 Å². The van der Waals surface area contributed by atoms with Gasteiger partial charge in [-0.1, -0.05) is 36.4 Å². The number of ether oxygens (including phenoxy) is 3. The Balaban J connectivity index is 1.35. The molecule has 0 radical (unpaired) electrons. The number of hydrogen-bond donors (Lipinski definition) is 1. The van der Waals surface area contributed by atoms with Crippen molar-refractivity contribution in [1.82, 2.24) is 0 Å². The molecule has 0 aliphatic carbocycles. The normalized spacial score (nSPS) is 13.1. The molecule has 0 bridgehead atoms. The number of rotatable bonds is 8. The fourth-order valence-corrected chi connectivity index (χ4v) is 4.57. The van der Waals surface area contributed by atoms with E-state index < -0.39 is 17.5 Å². The minimum Gasteiger partial charge on any atom is -0.507 e. The van der Waals surface area contributed by atoms with Crippen LogP contribution in [0.4, 0.5) is 0 Å². The number of benzene rings is 3. The largest absolute Gasteiger partial charge is 0.507 e. The topological polar surface area (TPSA) is 95.2 Å². The Morgan fingerprint density at radius 1 is 1.08 bits per heavy atom. The third-order valence-corrected chi connectivity index (χ3v) is 6.46. The third kappa shape index (κ3) is 4.77. The van der Waals surface area contributed by atoms with E-state index in [9.17, 15) is 14.7 Å². The molecule has 1 unspecified atom stereocenters. The highest BCUT2D eigenvalue weighted by Gasteiger charge is 2.27. The number of esters is 1. The Hall–Kier alpha value is -4.26. The summed E-state index contributed by atoms with van der Waals surface area (Å²) in [5.41, 5.74) is 2.68. The lowest BCUT2D eigenvalue weighted by Gasteiger charge is -2.18. The van der Waals surface area contributed by atoms with Gasteiger partial charge in [-0.3, -0.25) is 4.79 Å². The van der Waals surface area contributed by atoms with Gasteiger partial charge in [-0.25, -0.2) is 4.79 Å². The zero-order valence-electron chi connectivity index (χ0n) is 19.9. The van der Waals surface area contributed by atoms with E-state index in [2.05, 4.69) is 12.1 Å². The molecule has 184 valence electrons. The number of methoxy groups -OCH3 is 1. The number of carbonyl (C=O) groups excluding carboxylic acids is 1. The number of carbonyl (C=O) groups is 1. The van der Waals surface area contributed by atoms with Crippen molar-refractivity contribution >= 4 is 16.9 Å². The predicted octanol–water partition coefficient (Wildman–Crippen LogP) is 4.75. The highest BCUT2D eigenvalue weighted by Crippen LogP contribution is 2.36. The average molecular weight is 487 g/mol. The first kappa shape index (κ1) is 23.5. The maximum Gasteiger partial charge on any atom is 0.343 e. The molecule has 7 nitrogen and oxygen atoms in total. The maximum atomic E-state index is 12.8. The van der Waals surface area contributed by atoms with Gasteiger partial charge in [0.15, 0.2) is 0 Å². The molecular formula is C29H26O7. The van der Waals surface area contributed by atoms with E-state index in [0.717, 1.165) is 25.2 Å². The number of hydrogen-bond acceptors (Lipinski definition) is 7. The van der Waals surface area contributed by atoms with Crippen molar-refractivity contribution in [3.63, 3.8) is 0 Å². The van der Waals surface area contributed by atoms with E-state index in [0.29, 0.717) is 23.3 Å². The van der Waals surface area contributed by atoms with Gasteiger partial charge in [-0.15, -0.1) is 0 Å². The summed E-state index contributed by atoms with van der Waals surface area (Å²) in [7, 11) is 1.28. The fourth-order valence-electron chi connectivity index (χ4n) is 4.57. The van der Waals surface area contributed by atoms with Gasteiger partial charge >= 0.3 is 11.6 Å². The van der Waals surface area contributed by atoms with Crippen LogP contribution in [0.5, 0.6) is 17.2 Å². The molecule has 1 atom stereocenters. The van der Waals surface area contributed by atoms with Gasteiger partial charge in [-0.2, -0.15) is 0 Å². The summed E-state index contributed by atoms with van der Waals surface area (Å²) in [5.74, 6) is 0.168. The first-order valence-corrected chi connectivity index (χ1v) is 11.8. The van der Waals surface area contributed by atoms with Crippen LogP contribution in [-0.4, -0.2) is 31.4 Å². The quantitative estimate of drug-likeness (QED) is 0.284. The van der Waals surface area contributed by atoms with E-state index in [1.807, 2.05) is 6.07 Å². The summed E-state index contributed by atoms with van der Waals surface area (Å²) in [5, 5.41) is 11.3. The molecule has 5 rings (SSSR count). The first-order chi connectivity index (χ1) is 17.5. The van der Waals surface area contributed by atoms with Crippen LogP contribution in [0.15, 0.2) is 75.9 Å². The highest BCUT2D eigenvalue weighted by molar-refractivity contribution is 5.84. The van der Waals surface area contributed by atoms with Crippen LogP contribution in [-0.2, 0) is 22.4 Å². The lowest BCUT2D eigenvalue weighted by Crippen LogP contribution is -2.18. The van der Waals surface area contributed by atoms with Crippen LogP contribution >= 0.6 is 0 Å². The minimum absolute atomic E-state index is 0.0216. The summed E-state index contributed by atoms with van der Waals surface area (Å²) in [6.07, 6.45) is 1.56. The Morgan fingerprint density at radius 2 is 1.89 bits per heavy atom. The van der Waals surface area contributed by atoms with Gasteiger partial charge in [-0.05, 0) is 47.0 Å². The highest BCUT2D eigenvalue weighted by atomic mass is 16.5. The summed E-state index contributed by atoms with van der Waals surface area (Å²) in [6, 6.07) is 20.1. The van der Waals surface area contributed by atoms with E-state index in [-0.39, 0.29) is 23.3 Å². The molecule has 1 N–H and O–H groups in total. The molecule has 0 amide bonds. The van der Waals surface area contributed by atoms with Crippen molar-refractivity contribution in [3.8, 4) is 17.2 Å². The van der Waals surface area contributed by atoms with Gasteiger partial charge in [0, 0.05) is 18.8 Å². The van der Waals surface area contributed by atoms with Crippen molar-refractivity contribution in [2.45, 2.75) is 25.2 Å². The predicted molar refractivity (Wildman–Crippen MR) is 134 cm³/mol. The molecule has 0 fully saturated rings. The van der Waals surface area contributed by atoms with Gasteiger partial charge in [0.1, 0.15) is 22.8 Å². The summed E-state index contributed by atoms with van der Waals surface area (Å²) in [4.78, 5) is 25.0. The lowest BCUT2D eigenvalue weighted by atomic mass is 9.88. The van der Waals surface area contributed by atoms with Crippen molar-refractivity contribution < 1.29 is 28.5 Å². The molecule has 1 aliphatic heterocycles. The molecule has 0 saturated heterocycles. The van der Waals surface area contributed by atoms with E-state index >= 15 is 0 Å². The van der Waals surface area contributed by atoms with Crippen LogP contribution in [0.25, 0.3) is 11.0 Å². The zero-order valence-corrected chi connectivity index (χ0v) is 19.9. The van der Waals surface area contributed by atoms with Crippen LogP contribution in [0, 0.1) is 0 Å². The fraction of sp³-hybridized carbons (Fsp3) is 0.241. The van der Waals surface area contributed by atoms with Crippen molar-refractivity contribution in [2.24, 2.45) is 0 Å². The standard InChI is InChI=1S/C29H26O7/c1-33-26(30)17-23(27-28(31)22-4-2-3-5-25(22)36-29(27)32)19-7-9-21(10-8-19)34-14-12-18-6-11-24-20(16-18)13-15-35-24/h2-11,16,23,31H,12-15,17H2,1H3. The van der Waals surface area contributed by atoms with E-state index in [1.165, 1.54) is 18.2 Å². The second-order valence-electron chi connectivity index (χ2n) is 8.69. The molecule has 1 aliphatic rings. The molecule has 0 spiro atoms. The number of para-hydroxylation sites is 1. The smallest absolute Gasteiger partial charge is 0.343 e. The van der Waals surface area contributed by atoms with Gasteiger partial charge in [0.25, 0.3) is 0 Å². The summed E-state index contributed by atoms with van der Waals surface area (Å²) < 4.78 is 21.8. The van der Waals surface area contributed by atoms with Crippen molar-refractivity contribution in [3.05, 3.63) is 99.4 Å². The van der Waals surface area contributed by atoms with Gasteiger partial charge < -0.3 is 23.7 Å². The third-order valence-electron chi connectivity index (χ3n) is 6.46. The molecule has 2 heterocycles. The van der Waals surface area contributed by atoms with Crippen LogP contribution < -0.4 is 15.1 Å². The minimum atomic E-state index is -0.749. The Morgan fingerprint density at radius 3 is 2.69 bits per heavy atom. The first-order valence-electron chi connectivity index (χ1n) is 11.8. The van der Waals surface area contributed by atoms with Gasteiger partial charge in [0.2, 0.25) is 0 Å². The lowest BCUT2D eigenvalue weighted by molar-refractivity contribution is -0.140. The SMILES string of the molecule is COC(=O)CC(c1ccc(OCCc2ccc3c(c2)CCO3)cc1)c1c(O)c2ccccc2oc1=O. The zero-order chi connectivity index (χ0) is 25.1. The average Bonchev–Trinajstić information content (AvgIpc) is 3.36. The van der Waals surface area contributed by atoms with Crippen molar-refractivity contribution in [1.29, 1.82) is 0 Å². The molecule has 3 aromatic carbocycles. The second kappa shape index (κ2) is 10.2. The number of aromatic hydroxyl groups is 1. The molecular weight excluding hydrogens is 460 g/mol. The summed E-state index contributed by atoms with van der Waals surface area (Å²) in [6.45, 7) is 1.23. The van der Waals surface area contributed by atoms with Crippen LogP contribution in [0.1, 0.15) is 34.6 Å². The van der Waals surface area contributed by atoms with Crippen LogP contribution in [0.2, 0.25) is 0 Å². The molecule has 4 aromatic rings. The molecule has 1 aromatic heterocycles. The van der Waals surface area contributed by atoms with Crippen molar-refractivity contribution in [2.75, 3.05) is 20.3 Å². The van der Waals surface area contributed by atoms with E-state index in [4.69, 9.17) is 18.6 Å². The monoisotopic (exact) mass is 486 g/mol. The molecule has 0 saturated carbocycles. The Kier molecular flexibility index (Phi) is 6.62. The Labute approximate surface area is 207 Å². The molecule has 7 heteroatoms. The second-order valence-corrected chi connectivity index (χ2v) is 8.69. The van der Waals surface area contributed by atoms with Crippen LogP contribution in [0.3, 0.4) is 0 Å². The Bertz CT molecular complexity index is 1450. The maximum absolute atomic E-state index is 12.8. The number of fused-ring (bicyclic) bond motifs is 2.